The molecule has 84 valence electrons. The maximum Gasteiger partial charge on any atom is 0.0302 e. The lowest BCUT2D eigenvalue weighted by molar-refractivity contribution is 1.15. The van der Waals surface area contributed by atoms with Gasteiger partial charge in [0.15, 0.2) is 0 Å². The van der Waals surface area contributed by atoms with Gasteiger partial charge in [-0.2, -0.15) is 0 Å². The van der Waals surface area contributed by atoms with Gasteiger partial charge in [-0.25, -0.2) is 0 Å². The molecule has 0 bridgehead atoms. The fourth-order valence-corrected chi connectivity index (χ4v) is 3.50. The van der Waals surface area contributed by atoms with Crippen LogP contribution < -0.4 is 0 Å². The van der Waals surface area contributed by atoms with Crippen LogP contribution in [0.5, 0.6) is 0 Å². The maximum atomic E-state index is 2.26. The van der Waals surface area contributed by atoms with E-state index in [1.165, 1.54) is 20.9 Å². The lowest BCUT2D eigenvalue weighted by Gasteiger charge is -1.95. The maximum absolute atomic E-state index is 2.26. The van der Waals surface area contributed by atoms with Crippen molar-refractivity contribution in [2.24, 2.45) is 0 Å². The van der Waals surface area contributed by atoms with Crippen LogP contribution in [0.2, 0.25) is 0 Å². The van der Waals surface area contributed by atoms with Gasteiger partial charge < -0.3 is 0 Å². The first kappa shape index (κ1) is 11.6. The van der Waals surface area contributed by atoms with E-state index in [-0.39, 0.29) is 0 Å². The molecule has 0 spiro atoms. The second-order valence-corrected chi connectivity index (χ2v) is 5.56. The fraction of sp³-hybridized carbons (Fsp3) is 0.286. The summed E-state index contributed by atoms with van der Waals surface area (Å²) in [5.74, 6) is 0. The molecular formula is C14H16S2. The van der Waals surface area contributed by atoms with Crippen LogP contribution in [0.25, 0.3) is 12.2 Å². The van der Waals surface area contributed by atoms with Crippen molar-refractivity contribution in [2.75, 3.05) is 0 Å². The van der Waals surface area contributed by atoms with Crippen molar-refractivity contribution < 1.29 is 0 Å². The molecule has 0 amide bonds. The smallest absolute Gasteiger partial charge is 0.0302 e. The van der Waals surface area contributed by atoms with Crippen LogP contribution in [-0.4, -0.2) is 0 Å². The summed E-state index contributed by atoms with van der Waals surface area (Å²) in [5.41, 5.74) is 2.91. The Balaban J connectivity index is 2.21. The van der Waals surface area contributed by atoms with Crippen LogP contribution in [0.3, 0.4) is 0 Å². The van der Waals surface area contributed by atoms with E-state index in [1.54, 1.807) is 0 Å². The number of hydrogen-bond acceptors (Lipinski definition) is 2. The first-order valence-corrected chi connectivity index (χ1v) is 7.41. The molecule has 0 saturated carbocycles. The summed E-state index contributed by atoms with van der Waals surface area (Å²) in [6, 6.07) is 4.44. The first-order valence-electron chi connectivity index (χ1n) is 5.66. The fourth-order valence-electron chi connectivity index (χ4n) is 1.72. The minimum atomic E-state index is 1.12. The molecule has 0 aliphatic heterocycles. The van der Waals surface area contributed by atoms with E-state index in [0.29, 0.717) is 0 Å². The second-order valence-electron chi connectivity index (χ2n) is 3.66. The molecule has 16 heavy (non-hydrogen) atoms. The minimum absolute atomic E-state index is 1.12. The highest BCUT2D eigenvalue weighted by atomic mass is 32.1. The van der Waals surface area contributed by atoms with E-state index in [4.69, 9.17) is 0 Å². The Morgan fingerprint density at radius 3 is 1.69 bits per heavy atom. The predicted molar refractivity (Wildman–Crippen MR) is 76.3 cm³/mol. The third kappa shape index (κ3) is 2.45. The van der Waals surface area contributed by atoms with E-state index in [1.807, 2.05) is 22.7 Å². The average Bonchev–Trinajstić information content (AvgIpc) is 2.94. The van der Waals surface area contributed by atoms with Crippen molar-refractivity contribution in [3.05, 3.63) is 43.8 Å². The van der Waals surface area contributed by atoms with Gasteiger partial charge in [-0.1, -0.05) is 13.8 Å². The molecule has 0 N–H and O–H groups in total. The number of rotatable bonds is 4. The average molecular weight is 248 g/mol. The molecule has 2 aromatic rings. The summed E-state index contributed by atoms with van der Waals surface area (Å²) in [6.07, 6.45) is 6.76. The van der Waals surface area contributed by atoms with Gasteiger partial charge in [0.2, 0.25) is 0 Å². The number of thiophene rings is 2. The topological polar surface area (TPSA) is 0 Å². The van der Waals surface area contributed by atoms with E-state index >= 15 is 0 Å². The van der Waals surface area contributed by atoms with Gasteiger partial charge in [0.25, 0.3) is 0 Å². The quantitative estimate of drug-likeness (QED) is 0.705. The zero-order chi connectivity index (χ0) is 11.4. The van der Waals surface area contributed by atoms with Crippen LogP contribution in [0, 0.1) is 0 Å². The van der Waals surface area contributed by atoms with Crippen LogP contribution in [-0.2, 0) is 12.8 Å². The van der Waals surface area contributed by atoms with Crippen molar-refractivity contribution in [1.29, 1.82) is 0 Å². The summed E-state index contributed by atoms with van der Waals surface area (Å²) < 4.78 is 0. The molecule has 0 unspecified atom stereocenters. The van der Waals surface area contributed by atoms with Crippen molar-refractivity contribution in [1.82, 2.24) is 0 Å². The molecule has 0 aliphatic rings. The SMILES string of the molecule is CCc1ccsc1C=Cc1sccc1CC. The van der Waals surface area contributed by atoms with Crippen molar-refractivity contribution in [3.8, 4) is 0 Å². The van der Waals surface area contributed by atoms with Gasteiger partial charge >= 0.3 is 0 Å². The normalized spacial score (nSPS) is 11.4. The predicted octanol–water partition coefficient (Wildman–Crippen LogP) is 5.10. The minimum Gasteiger partial charge on any atom is -0.144 e. The molecule has 0 atom stereocenters. The lowest BCUT2D eigenvalue weighted by Crippen LogP contribution is -1.78. The van der Waals surface area contributed by atoms with Crippen LogP contribution in [0.4, 0.5) is 0 Å². The summed E-state index contributed by atoms with van der Waals surface area (Å²) in [4.78, 5) is 2.80. The van der Waals surface area contributed by atoms with Gasteiger partial charge in [0.05, 0.1) is 0 Å². The van der Waals surface area contributed by atoms with Crippen molar-refractivity contribution in [2.45, 2.75) is 26.7 Å². The van der Waals surface area contributed by atoms with Gasteiger partial charge in [-0.05, 0) is 59.0 Å². The molecular weight excluding hydrogens is 232 g/mol. The summed E-state index contributed by atoms with van der Waals surface area (Å²) in [7, 11) is 0. The van der Waals surface area contributed by atoms with Gasteiger partial charge in [-0.15, -0.1) is 22.7 Å². The Hall–Kier alpha value is -0.860. The van der Waals surface area contributed by atoms with E-state index in [9.17, 15) is 0 Å². The van der Waals surface area contributed by atoms with Crippen LogP contribution in [0.15, 0.2) is 22.9 Å². The Morgan fingerprint density at radius 2 is 1.31 bits per heavy atom. The third-order valence-electron chi connectivity index (χ3n) is 2.71. The summed E-state index contributed by atoms with van der Waals surface area (Å²) in [5, 5.41) is 4.35. The molecule has 0 aliphatic carbocycles. The Labute approximate surface area is 105 Å². The largest absolute Gasteiger partial charge is 0.144 e. The standard InChI is InChI=1S/C14H16S2/c1-3-11-7-9-15-13(11)5-6-14-12(4-2)8-10-16-14/h5-10H,3-4H2,1-2H3. The van der Waals surface area contributed by atoms with E-state index in [0.717, 1.165) is 12.8 Å². The first-order chi connectivity index (χ1) is 7.85. The zero-order valence-corrected chi connectivity index (χ0v) is 11.3. The number of hydrogen-bond donors (Lipinski definition) is 0. The molecule has 2 rings (SSSR count). The van der Waals surface area contributed by atoms with Gasteiger partial charge in [-0.3, -0.25) is 0 Å². The van der Waals surface area contributed by atoms with Crippen LogP contribution in [0.1, 0.15) is 34.7 Å². The second kappa shape index (κ2) is 5.46. The van der Waals surface area contributed by atoms with E-state index < -0.39 is 0 Å². The van der Waals surface area contributed by atoms with Gasteiger partial charge in [0, 0.05) is 9.75 Å². The molecule has 2 aromatic heterocycles. The van der Waals surface area contributed by atoms with Crippen molar-refractivity contribution in [3.63, 3.8) is 0 Å². The molecule has 0 aromatic carbocycles. The molecule has 2 heterocycles. The lowest BCUT2D eigenvalue weighted by atomic mass is 10.1. The molecule has 2 heteroatoms. The summed E-state index contributed by atoms with van der Waals surface area (Å²) >= 11 is 3.65. The zero-order valence-electron chi connectivity index (χ0n) is 9.69. The third-order valence-corrected chi connectivity index (χ3v) is 4.56. The molecule has 0 saturated heterocycles. The highest BCUT2D eigenvalue weighted by molar-refractivity contribution is 7.12. The summed E-state index contributed by atoms with van der Waals surface area (Å²) in [6.45, 7) is 4.42. The Kier molecular flexibility index (Phi) is 3.97. The molecule has 0 fully saturated rings. The molecule has 0 radical (unpaired) electrons. The monoisotopic (exact) mass is 248 g/mol. The highest BCUT2D eigenvalue weighted by Gasteiger charge is 2.00. The Morgan fingerprint density at radius 1 is 0.875 bits per heavy atom. The van der Waals surface area contributed by atoms with Crippen molar-refractivity contribution >= 4 is 34.8 Å². The van der Waals surface area contributed by atoms with Crippen LogP contribution >= 0.6 is 22.7 Å². The van der Waals surface area contributed by atoms with Gasteiger partial charge in [0.1, 0.15) is 0 Å². The highest BCUT2D eigenvalue weighted by Crippen LogP contribution is 2.24. The Bertz CT molecular complexity index is 430. The van der Waals surface area contributed by atoms with E-state index in [2.05, 4.69) is 48.9 Å². The molecule has 0 nitrogen and oxygen atoms in total. The number of aryl methyl sites for hydroxylation is 2.